The first-order chi connectivity index (χ1) is 30.5. The predicted molar refractivity (Wildman–Crippen MR) is 244 cm³/mol. The Labute approximate surface area is 375 Å². The number of carbonyl (C=O) groups excluding carboxylic acids is 3. The van der Waals surface area contributed by atoms with Gasteiger partial charge in [0.1, 0.15) is 45.6 Å². The summed E-state index contributed by atoms with van der Waals surface area (Å²) in [6.45, 7) is 11.6. The van der Waals surface area contributed by atoms with Crippen molar-refractivity contribution in [3.63, 3.8) is 0 Å². The van der Waals surface area contributed by atoms with E-state index in [2.05, 4.69) is 25.0 Å². The molecule has 1 aliphatic heterocycles. The number of Topliss-reactive ketones (excluding diaryl/α,β-unsaturated/α-hetero) is 1. The third-order valence-corrected chi connectivity index (χ3v) is 9.56. The fourth-order valence-corrected chi connectivity index (χ4v) is 6.70. The van der Waals surface area contributed by atoms with Gasteiger partial charge in [0.15, 0.2) is 11.5 Å². The van der Waals surface area contributed by atoms with Crippen LogP contribution in [0, 0.1) is 11.6 Å². The number of aromatic amines is 1. The number of hydrogen-bond acceptors (Lipinski definition) is 11. The van der Waals surface area contributed by atoms with Gasteiger partial charge in [-0.05, 0) is 96.4 Å². The first kappa shape index (κ1) is 48.9. The van der Waals surface area contributed by atoms with Crippen LogP contribution in [0.1, 0.15) is 71.3 Å². The van der Waals surface area contributed by atoms with Crippen LogP contribution >= 0.6 is 0 Å². The Balaban J connectivity index is 0.000000279. The van der Waals surface area contributed by atoms with E-state index in [1.165, 1.54) is 51.5 Å². The van der Waals surface area contributed by atoms with E-state index in [0.717, 1.165) is 11.3 Å². The molecule has 4 heterocycles. The normalized spacial score (nSPS) is 12.8. The molecule has 2 aromatic carbocycles. The summed E-state index contributed by atoms with van der Waals surface area (Å²) in [5.41, 5.74) is 7.41. The maximum absolute atomic E-state index is 14.2. The van der Waals surface area contributed by atoms with Gasteiger partial charge in [-0.2, -0.15) is 0 Å². The number of H-pyrrole nitrogens is 1. The van der Waals surface area contributed by atoms with Crippen molar-refractivity contribution in [3.8, 4) is 11.5 Å². The van der Waals surface area contributed by atoms with E-state index < -0.39 is 34.7 Å². The second kappa shape index (κ2) is 20.6. The average Bonchev–Trinajstić information content (AvgIpc) is 3.81. The Hall–Kier alpha value is -7.11. The fourth-order valence-electron chi connectivity index (χ4n) is 6.70. The van der Waals surface area contributed by atoms with Gasteiger partial charge < -0.3 is 44.3 Å². The molecule has 2 amide bonds. The van der Waals surface area contributed by atoms with Gasteiger partial charge in [0, 0.05) is 62.7 Å². The number of anilines is 1. The Morgan fingerprint density at radius 3 is 2.22 bits per heavy atom. The van der Waals surface area contributed by atoms with Gasteiger partial charge in [0.2, 0.25) is 5.91 Å². The number of nitrogens with one attached hydrogen (secondary N) is 2. The lowest BCUT2D eigenvalue weighted by Gasteiger charge is -2.22. The van der Waals surface area contributed by atoms with Crippen molar-refractivity contribution in [1.29, 1.82) is 0 Å². The summed E-state index contributed by atoms with van der Waals surface area (Å²) < 4.78 is 47.3. The zero-order valence-electron chi connectivity index (χ0n) is 38.1. The zero-order valence-corrected chi connectivity index (χ0v) is 38.1. The first-order valence-electron chi connectivity index (χ1n) is 20.8. The molecule has 18 heteroatoms. The molecular weight excluding hydrogens is 843 g/mol. The van der Waals surface area contributed by atoms with Gasteiger partial charge in [-0.3, -0.25) is 24.2 Å². The summed E-state index contributed by atoms with van der Waals surface area (Å²) in [4.78, 5) is 75.6. The highest BCUT2D eigenvalue weighted by Crippen LogP contribution is 2.39. The van der Waals surface area contributed by atoms with Crippen LogP contribution in [-0.4, -0.2) is 85.9 Å². The fraction of sp³-hybridized carbons (Fsp3) is 0.383. The van der Waals surface area contributed by atoms with Crippen LogP contribution in [0.15, 0.2) is 87.7 Å². The molecule has 16 nitrogen and oxygen atoms in total. The molecule has 0 saturated carbocycles. The van der Waals surface area contributed by atoms with E-state index in [0.29, 0.717) is 47.7 Å². The number of rotatable bonds is 14. The highest BCUT2D eigenvalue weighted by atomic mass is 19.1. The predicted octanol–water partition coefficient (Wildman–Crippen LogP) is 6.43. The molecule has 6 rings (SSSR count). The number of nitrogens with two attached hydrogens (primary N) is 1. The number of carbonyl (C=O) groups is 3. The maximum Gasteiger partial charge on any atom is 0.407 e. The van der Waals surface area contributed by atoms with Gasteiger partial charge in [-0.15, -0.1) is 0 Å². The van der Waals surface area contributed by atoms with Crippen LogP contribution in [0.25, 0.3) is 11.0 Å². The average molecular weight is 899 g/mol. The number of benzene rings is 2. The minimum absolute atomic E-state index is 0.0423. The van der Waals surface area contributed by atoms with Gasteiger partial charge in [0.25, 0.3) is 11.1 Å². The van der Waals surface area contributed by atoms with Gasteiger partial charge >= 0.3 is 6.09 Å². The van der Waals surface area contributed by atoms with Crippen LogP contribution in [0.2, 0.25) is 0 Å². The number of ether oxygens (including phenoxy) is 3. The molecule has 1 atom stereocenters. The topological polar surface area (TPSA) is 205 Å². The van der Waals surface area contributed by atoms with Gasteiger partial charge in [-0.25, -0.2) is 18.6 Å². The van der Waals surface area contributed by atoms with E-state index in [-0.39, 0.29) is 59.5 Å². The molecule has 0 spiro atoms. The van der Waals surface area contributed by atoms with E-state index in [4.69, 9.17) is 15.2 Å². The lowest BCUT2D eigenvalue weighted by Crippen LogP contribution is -2.42. The summed E-state index contributed by atoms with van der Waals surface area (Å²) >= 11 is 0. The molecule has 0 fully saturated rings. The molecular formula is C47H56F2N8O8. The number of allylic oxidation sites excluding steroid dienone is 1. The number of aromatic nitrogens is 4. The Morgan fingerprint density at radius 2 is 1.55 bits per heavy atom. The number of likely N-dealkylation sites (N-methyl/N-ethyl adjacent to an activating group) is 1. The van der Waals surface area contributed by atoms with Crippen LogP contribution < -0.4 is 31.6 Å². The number of imidazole rings is 1. The molecule has 65 heavy (non-hydrogen) atoms. The number of fused-ring (bicyclic) bond motifs is 2. The number of aliphatic imine (C=N–C) groups is 1. The van der Waals surface area contributed by atoms with Crippen molar-refractivity contribution in [2.45, 2.75) is 97.6 Å². The van der Waals surface area contributed by atoms with Crippen molar-refractivity contribution >= 4 is 45.9 Å². The van der Waals surface area contributed by atoms with Crippen LogP contribution in [-0.2, 0) is 40.3 Å². The molecule has 0 unspecified atom stereocenters. The van der Waals surface area contributed by atoms with Gasteiger partial charge in [-0.1, -0.05) is 12.1 Å². The molecule has 1 aliphatic rings. The van der Waals surface area contributed by atoms with Crippen LogP contribution in [0.3, 0.4) is 0 Å². The summed E-state index contributed by atoms with van der Waals surface area (Å²) in [6, 6.07) is 10.9. The number of nitrogens with zero attached hydrogens (tertiary/aromatic N) is 5. The highest BCUT2D eigenvalue weighted by Gasteiger charge is 2.25. The largest absolute Gasteiger partial charge is 0.486 e. The quantitative estimate of drug-likeness (QED) is 0.104. The number of nitrogen functional groups attached to an aromatic ring is 1. The molecule has 0 radical (unpaired) electrons. The van der Waals surface area contributed by atoms with Gasteiger partial charge in [0.05, 0.1) is 37.4 Å². The second-order valence-corrected chi connectivity index (χ2v) is 17.6. The molecule has 0 saturated heterocycles. The third kappa shape index (κ3) is 13.7. The number of alkyl carbamates (subject to hydrolysis) is 1. The summed E-state index contributed by atoms with van der Waals surface area (Å²) in [5, 5.41) is 2.51. The second-order valence-electron chi connectivity index (χ2n) is 17.6. The molecule has 3 aromatic heterocycles. The monoisotopic (exact) mass is 898 g/mol. The van der Waals surface area contributed by atoms with Crippen molar-refractivity contribution < 1.29 is 37.4 Å². The molecule has 5 aromatic rings. The minimum Gasteiger partial charge on any atom is -0.486 e. The van der Waals surface area contributed by atoms with E-state index in [1.807, 2.05) is 41.5 Å². The van der Waals surface area contributed by atoms with Crippen LogP contribution in [0.4, 0.5) is 25.0 Å². The molecule has 346 valence electrons. The van der Waals surface area contributed by atoms with Crippen molar-refractivity contribution in [2.75, 3.05) is 26.9 Å². The standard InChI is InChI=1S/C29H36FN5O6.C18H20FN3O2/c1-29(2,3)41-23-16-19(30)15-21-26(23)33-24(31-21)17-35-13-9-10-18(27(35)38)14-22(36)20(32-28(39)40-6)11-7-8-12-25(37)34(4)5;1-18(2,3)24-15-9-12(19)7-11-8-13(21-16(11)15)10-22-6-4-5-14(20)17(22)23/h8-10,12-13,15-16,20H,7,11,14,17H2,1-6H3,(H,31,33)(H,32,39);4-7,9H,8,10,20H2,1-3H3/b12-8+;/t20-;/m0./s1. The summed E-state index contributed by atoms with van der Waals surface area (Å²) in [5.74, 6) is -0.324. The third-order valence-electron chi connectivity index (χ3n) is 9.56. The van der Waals surface area contributed by atoms with Crippen LogP contribution in [0.5, 0.6) is 11.5 Å². The molecule has 4 N–H and O–H groups in total. The van der Waals surface area contributed by atoms with E-state index in [1.54, 1.807) is 56.8 Å². The molecule has 0 aliphatic carbocycles. The smallest absolute Gasteiger partial charge is 0.407 e. The first-order valence-corrected chi connectivity index (χ1v) is 20.8. The number of methoxy groups -OCH3 is 1. The Morgan fingerprint density at radius 1 is 0.923 bits per heavy atom. The lowest BCUT2D eigenvalue weighted by atomic mass is 10.0. The number of ketones is 1. The lowest BCUT2D eigenvalue weighted by molar-refractivity contribution is -0.123. The number of amides is 2. The summed E-state index contributed by atoms with van der Waals surface area (Å²) in [6.07, 6.45) is 6.25. The number of pyridine rings is 2. The summed E-state index contributed by atoms with van der Waals surface area (Å²) in [7, 11) is 4.43. The van der Waals surface area contributed by atoms with Crippen molar-refractivity contribution in [2.24, 2.45) is 4.99 Å². The maximum atomic E-state index is 14.2. The molecule has 0 bridgehead atoms. The van der Waals surface area contributed by atoms with E-state index >= 15 is 0 Å². The minimum atomic E-state index is -0.930. The Kier molecular flexibility index (Phi) is 15.5. The number of hydrogen-bond donors (Lipinski definition) is 3. The SMILES string of the molecule is CC(C)(C)Oc1cc(F)cc2c1N=C(Cn1cccc(N)c1=O)C2.COC(=O)N[C@@H](CC/C=C/C(=O)N(C)C)C(=O)Cc1cccn(Cc2nc3c(OC(C)(C)C)cc(F)cc3[nH]2)c1=O. The zero-order chi connectivity index (χ0) is 47.8. The van der Waals surface area contributed by atoms with Crippen molar-refractivity contribution in [3.05, 3.63) is 122 Å². The Bertz CT molecular complexity index is 2740. The van der Waals surface area contributed by atoms with E-state index in [9.17, 15) is 32.8 Å². The number of halogens is 2. The van der Waals surface area contributed by atoms with Crippen molar-refractivity contribution in [1.82, 2.24) is 29.3 Å². The highest BCUT2D eigenvalue weighted by molar-refractivity contribution is 5.95.